The van der Waals surface area contributed by atoms with Gasteiger partial charge in [0.05, 0.1) is 4.88 Å². The van der Waals surface area contributed by atoms with Crippen molar-refractivity contribution in [3.05, 3.63) is 36.0 Å². The fourth-order valence-electron chi connectivity index (χ4n) is 1.34. The molecule has 2 aromatic rings. The topological polar surface area (TPSA) is 59.4 Å². The maximum Gasteiger partial charge on any atom is 0.344 e. The first-order valence-electron chi connectivity index (χ1n) is 5.06. The molecule has 0 radical (unpaired) electrons. The summed E-state index contributed by atoms with van der Waals surface area (Å²) >= 11 is 1.50. The van der Waals surface area contributed by atoms with E-state index in [1.54, 1.807) is 18.5 Å². The molecule has 0 amide bonds. The van der Waals surface area contributed by atoms with E-state index in [9.17, 15) is 4.79 Å². The minimum absolute atomic E-state index is 0.581. The van der Waals surface area contributed by atoms with Crippen molar-refractivity contribution in [3.63, 3.8) is 0 Å². The van der Waals surface area contributed by atoms with Crippen molar-refractivity contribution in [1.82, 2.24) is 4.98 Å². The van der Waals surface area contributed by atoms with E-state index in [1.807, 2.05) is 17.5 Å². The molecular weight excluding hydrogens is 238 g/mol. The molecule has 0 bridgehead atoms. The van der Waals surface area contributed by atoms with Crippen LogP contribution in [-0.4, -0.2) is 22.2 Å². The van der Waals surface area contributed by atoms with Gasteiger partial charge in [-0.05, 0) is 24.4 Å². The molecule has 2 heterocycles. The number of carboxylic acid groups (broad SMARTS) is 1. The largest absolute Gasteiger partial charge is 0.479 e. The van der Waals surface area contributed by atoms with Gasteiger partial charge in [-0.2, -0.15) is 0 Å². The van der Waals surface area contributed by atoms with Crippen LogP contribution in [0.1, 0.15) is 6.92 Å². The number of carboxylic acids is 1. The predicted molar refractivity (Wildman–Crippen MR) is 65.3 cm³/mol. The van der Waals surface area contributed by atoms with Gasteiger partial charge in [0.2, 0.25) is 0 Å². The molecule has 0 fully saturated rings. The minimum atomic E-state index is -0.978. The molecule has 0 saturated heterocycles. The van der Waals surface area contributed by atoms with E-state index < -0.39 is 12.1 Å². The van der Waals surface area contributed by atoms with E-state index in [-0.39, 0.29) is 0 Å². The first-order valence-corrected chi connectivity index (χ1v) is 5.94. The highest BCUT2D eigenvalue weighted by atomic mass is 32.1. The van der Waals surface area contributed by atoms with Crippen molar-refractivity contribution in [1.29, 1.82) is 0 Å². The van der Waals surface area contributed by atoms with Crippen molar-refractivity contribution >= 4 is 17.3 Å². The molecule has 0 aliphatic rings. The zero-order valence-electron chi connectivity index (χ0n) is 9.16. The summed E-state index contributed by atoms with van der Waals surface area (Å²) in [5.41, 5.74) is 0.926. The lowest BCUT2D eigenvalue weighted by molar-refractivity contribution is -0.144. The van der Waals surface area contributed by atoms with Crippen LogP contribution >= 0.6 is 11.3 Å². The summed E-state index contributed by atoms with van der Waals surface area (Å²) in [4.78, 5) is 15.7. The van der Waals surface area contributed by atoms with Gasteiger partial charge in [0.25, 0.3) is 0 Å². The van der Waals surface area contributed by atoms with Gasteiger partial charge in [0, 0.05) is 18.0 Å². The second-order valence-electron chi connectivity index (χ2n) is 3.45. The number of pyridine rings is 1. The molecule has 1 atom stereocenters. The number of hydrogen-bond acceptors (Lipinski definition) is 4. The van der Waals surface area contributed by atoms with Crippen LogP contribution in [0, 0.1) is 0 Å². The average Bonchev–Trinajstić information content (AvgIpc) is 2.78. The van der Waals surface area contributed by atoms with E-state index in [0.29, 0.717) is 5.75 Å². The summed E-state index contributed by atoms with van der Waals surface area (Å²) in [7, 11) is 0. The number of aliphatic carboxylic acids is 1. The van der Waals surface area contributed by atoms with E-state index in [0.717, 1.165) is 10.4 Å². The number of thiophene rings is 1. The molecule has 88 valence electrons. The quantitative estimate of drug-likeness (QED) is 0.905. The highest BCUT2D eigenvalue weighted by Crippen LogP contribution is 2.35. The van der Waals surface area contributed by atoms with Crippen LogP contribution in [0.2, 0.25) is 0 Å². The second kappa shape index (κ2) is 4.97. The third kappa shape index (κ3) is 2.62. The van der Waals surface area contributed by atoms with Gasteiger partial charge in [-0.3, -0.25) is 4.98 Å². The summed E-state index contributed by atoms with van der Waals surface area (Å²) in [6, 6.07) is 5.52. The summed E-state index contributed by atoms with van der Waals surface area (Å²) in [5.74, 6) is -0.397. The second-order valence-corrected chi connectivity index (χ2v) is 4.37. The monoisotopic (exact) mass is 249 g/mol. The Kier molecular flexibility index (Phi) is 3.39. The summed E-state index contributed by atoms with van der Waals surface area (Å²) in [5, 5.41) is 10.7. The summed E-state index contributed by atoms with van der Waals surface area (Å²) in [6.45, 7) is 1.51. The average molecular weight is 249 g/mol. The van der Waals surface area contributed by atoms with Crippen molar-refractivity contribution in [2.75, 3.05) is 0 Å². The molecule has 17 heavy (non-hydrogen) atoms. The van der Waals surface area contributed by atoms with Crippen molar-refractivity contribution in [2.45, 2.75) is 13.0 Å². The Morgan fingerprint density at radius 1 is 1.53 bits per heavy atom. The first-order chi connectivity index (χ1) is 8.18. The molecule has 1 unspecified atom stereocenters. The summed E-state index contributed by atoms with van der Waals surface area (Å²) in [6.07, 6.45) is 2.56. The fourth-order valence-corrected chi connectivity index (χ4v) is 2.16. The SMILES string of the molecule is CC(Oc1ccsc1-c1cccnc1)C(=O)O. The molecule has 0 aliphatic carbocycles. The highest BCUT2D eigenvalue weighted by Gasteiger charge is 2.16. The van der Waals surface area contributed by atoms with Gasteiger partial charge in [-0.25, -0.2) is 4.79 Å². The van der Waals surface area contributed by atoms with Gasteiger partial charge in [-0.15, -0.1) is 11.3 Å². The lowest BCUT2D eigenvalue weighted by atomic mass is 10.2. The number of aromatic nitrogens is 1. The molecule has 0 aliphatic heterocycles. The number of ether oxygens (including phenoxy) is 1. The Bertz CT molecular complexity index is 509. The number of rotatable bonds is 4. The number of carbonyl (C=O) groups is 1. The van der Waals surface area contributed by atoms with Gasteiger partial charge < -0.3 is 9.84 Å². The van der Waals surface area contributed by atoms with Crippen LogP contribution in [0.5, 0.6) is 5.75 Å². The molecule has 0 spiro atoms. The minimum Gasteiger partial charge on any atom is -0.479 e. The predicted octanol–water partition coefficient (Wildman–Crippen LogP) is 2.66. The third-order valence-electron chi connectivity index (χ3n) is 2.20. The van der Waals surface area contributed by atoms with Crippen molar-refractivity contribution in [3.8, 4) is 16.2 Å². The van der Waals surface area contributed by atoms with E-state index in [2.05, 4.69) is 4.98 Å². The Balaban J connectivity index is 2.26. The van der Waals surface area contributed by atoms with E-state index in [4.69, 9.17) is 9.84 Å². The molecule has 4 nitrogen and oxygen atoms in total. The number of nitrogens with zero attached hydrogens (tertiary/aromatic N) is 1. The maximum atomic E-state index is 10.7. The van der Waals surface area contributed by atoms with Crippen LogP contribution in [0.25, 0.3) is 10.4 Å². The lowest BCUT2D eigenvalue weighted by Gasteiger charge is -2.10. The van der Waals surface area contributed by atoms with Gasteiger partial charge in [0.15, 0.2) is 6.10 Å². The normalized spacial score (nSPS) is 12.1. The zero-order valence-corrected chi connectivity index (χ0v) is 9.98. The lowest BCUT2D eigenvalue weighted by Crippen LogP contribution is -2.22. The molecule has 0 aromatic carbocycles. The molecular formula is C12H11NO3S. The zero-order chi connectivity index (χ0) is 12.3. The standard InChI is InChI=1S/C12H11NO3S/c1-8(12(14)15)16-10-4-6-17-11(10)9-3-2-5-13-7-9/h2-8H,1H3,(H,14,15). The van der Waals surface area contributed by atoms with Crippen LogP contribution < -0.4 is 4.74 Å². The van der Waals surface area contributed by atoms with Crippen LogP contribution in [-0.2, 0) is 4.79 Å². The van der Waals surface area contributed by atoms with Gasteiger partial charge >= 0.3 is 5.97 Å². The Labute approximate surface area is 103 Å². The van der Waals surface area contributed by atoms with Crippen LogP contribution in [0.4, 0.5) is 0 Å². The van der Waals surface area contributed by atoms with Gasteiger partial charge in [0.1, 0.15) is 5.75 Å². The van der Waals surface area contributed by atoms with E-state index in [1.165, 1.54) is 18.3 Å². The number of hydrogen-bond donors (Lipinski definition) is 1. The van der Waals surface area contributed by atoms with E-state index >= 15 is 0 Å². The molecule has 1 N–H and O–H groups in total. The van der Waals surface area contributed by atoms with Gasteiger partial charge in [-0.1, -0.05) is 6.07 Å². The highest BCUT2D eigenvalue weighted by molar-refractivity contribution is 7.14. The smallest absolute Gasteiger partial charge is 0.344 e. The Morgan fingerprint density at radius 2 is 2.35 bits per heavy atom. The molecule has 2 aromatic heterocycles. The molecule has 2 rings (SSSR count). The molecule has 5 heteroatoms. The maximum absolute atomic E-state index is 10.7. The van der Waals surface area contributed by atoms with Crippen LogP contribution in [0.15, 0.2) is 36.0 Å². The van der Waals surface area contributed by atoms with Crippen LogP contribution in [0.3, 0.4) is 0 Å². The fraction of sp³-hybridized carbons (Fsp3) is 0.167. The third-order valence-corrected chi connectivity index (χ3v) is 3.15. The van der Waals surface area contributed by atoms with Crippen molar-refractivity contribution in [2.24, 2.45) is 0 Å². The summed E-state index contributed by atoms with van der Waals surface area (Å²) < 4.78 is 5.38. The molecule has 0 saturated carbocycles. The van der Waals surface area contributed by atoms with Crippen molar-refractivity contribution < 1.29 is 14.6 Å². The Morgan fingerprint density at radius 3 is 3.00 bits per heavy atom. The first kappa shape index (κ1) is 11.6. The Hall–Kier alpha value is -1.88.